The average Bonchev–Trinajstić information content (AvgIpc) is 2.93. The Hall–Kier alpha value is -2.86. The number of fused-ring (bicyclic) bond motifs is 1. The van der Waals surface area contributed by atoms with Crippen LogP contribution >= 0.6 is 11.6 Å². The van der Waals surface area contributed by atoms with Crippen LogP contribution in [0.5, 0.6) is 5.75 Å². The van der Waals surface area contributed by atoms with Gasteiger partial charge in [0, 0.05) is 16.3 Å². The smallest absolute Gasteiger partial charge is 0.344 e. The first-order chi connectivity index (χ1) is 12.4. The van der Waals surface area contributed by atoms with E-state index in [1.165, 1.54) is 0 Å². The third-order valence-electron chi connectivity index (χ3n) is 4.03. The minimum absolute atomic E-state index is 0.102. The number of benzene rings is 2. The molecule has 0 spiro atoms. The molecule has 1 aliphatic heterocycles. The number of amides is 1. The highest BCUT2D eigenvalue weighted by atomic mass is 35.5. The highest BCUT2D eigenvalue weighted by Gasteiger charge is 2.27. The predicted molar refractivity (Wildman–Crippen MR) is 95.7 cm³/mol. The lowest BCUT2D eigenvalue weighted by Gasteiger charge is -2.08. The Labute approximate surface area is 155 Å². The molecular formula is C19H16ClNO5. The van der Waals surface area contributed by atoms with Crippen molar-refractivity contribution in [2.75, 3.05) is 18.5 Å². The quantitative estimate of drug-likeness (QED) is 0.621. The summed E-state index contributed by atoms with van der Waals surface area (Å²) in [6.45, 7) is 1.06. The summed E-state index contributed by atoms with van der Waals surface area (Å²) >= 11 is 5.76. The molecule has 0 saturated carbocycles. The normalized spacial score (nSPS) is 15.2. The second-order valence-corrected chi connectivity index (χ2v) is 6.28. The third-order valence-corrected chi connectivity index (χ3v) is 4.28. The highest BCUT2D eigenvalue weighted by molar-refractivity contribution is 6.30. The third kappa shape index (κ3) is 4.03. The molecule has 1 atom stereocenters. The molecule has 2 aromatic carbocycles. The molecule has 0 radical (unpaired) electrons. The minimum atomic E-state index is -0.653. The van der Waals surface area contributed by atoms with Gasteiger partial charge in [0.2, 0.25) is 5.91 Å². The molecule has 7 heteroatoms. The molecule has 3 rings (SSSR count). The minimum Gasteiger partial charge on any atom is -0.482 e. The maximum atomic E-state index is 12.2. The standard InChI is InChI=1S/C19H16ClNO5/c1-11-15-8-12(2-7-16(15)21-19(11)24)17(22)9-26-18(23)10-25-14-5-3-13(20)4-6-14/h2-8,11H,9-10H2,1H3,(H,21,24)/t11-/m1/s1. The van der Waals surface area contributed by atoms with Gasteiger partial charge in [-0.2, -0.15) is 0 Å². The van der Waals surface area contributed by atoms with Crippen LogP contribution in [-0.4, -0.2) is 30.9 Å². The number of esters is 1. The van der Waals surface area contributed by atoms with Crippen molar-refractivity contribution >= 4 is 34.9 Å². The fourth-order valence-corrected chi connectivity index (χ4v) is 2.66. The summed E-state index contributed by atoms with van der Waals surface area (Å²) in [5.41, 5.74) is 1.85. The second kappa shape index (κ2) is 7.58. The van der Waals surface area contributed by atoms with E-state index in [2.05, 4.69) is 5.32 Å². The van der Waals surface area contributed by atoms with Crippen molar-refractivity contribution in [2.45, 2.75) is 12.8 Å². The number of rotatable bonds is 6. The maximum Gasteiger partial charge on any atom is 0.344 e. The largest absolute Gasteiger partial charge is 0.482 e. The van der Waals surface area contributed by atoms with Crippen LogP contribution in [0, 0.1) is 0 Å². The summed E-state index contributed by atoms with van der Waals surface area (Å²) in [5.74, 6) is -0.940. The van der Waals surface area contributed by atoms with Gasteiger partial charge in [0.15, 0.2) is 19.0 Å². The first kappa shape index (κ1) is 17.9. The van der Waals surface area contributed by atoms with Gasteiger partial charge in [0.05, 0.1) is 5.92 Å². The number of Topliss-reactive ketones (excluding diaryl/α,β-unsaturated/α-hetero) is 1. The van der Waals surface area contributed by atoms with E-state index in [0.29, 0.717) is 22.0 Å². The first-order valence-corrected chi connectivity index (χ1v) is 8.34. The van der Waals surface area contributed by atoms with E-state index in [1.807, 2.05) is 0 Å². The van der Waals surface area contributed by atoms with Gasteiger partial charge in [0.25, 0.3) is 0 Å². The van der Waals surface area contributed by atoms with Gasteiger partial charge in [-0.05, 0) is 55.0 Å². The van der Waals surface area contributed by atoms with Gasteiger partial charge in [-0.15, -0.1) is 0 Å². The van der Waals surface area contributed by atoms with Gasteiger partial charge < -0.3 is 14.8 Å². The van der Waals surface area contributed by atoms with Crippen molar-refractivity contribution in [3.8, 4) is 5.75 Å². The highest BCUT2D eigenvalue weighted by Crippen LogP contribution is 2.32. The van der Waals surface area contributed by atoms with Crippen molar-refractivity contribution < 1.29 is 23.9 Å². The van der Waals surface area contributed by atoms with Gasteiger partial charge >= 0.3 is 5.97 Å². The van der Waals surface area contributed by atoms with Crippen LogP contribution in [0.2, 0.25) is 5.02 Å². The molecule has 0 saturated heterocycles. The second-order valence-electron chi connectivity index (χ2n) is 5.84. The van der Waals surface area contributed by atoms with E-state index in [0.717, 1.165) is 5.56 Å². The molecule has 1 amide bonds. The van der Waals surface area contributed by atoms with Gasteiger partial charge in [-0.3, -0.25) is 9.59 Å². The lowest BCUT2D eigenvalue weighted by atomic mass is 9.99. The van der Waals surface area contributed by atoms with Crippen molar-refractivity contribution in [2.24, 2.45) is 0 Å². The Balaban J connectivity index is 1.52. The Morgan fingerprint density at radius 2 is 1.85 bits per heavy atom. The number of anilines is 1. The topological polar surface area (TPSA) is 81.7 Å². The maximum absolute atomic E-state index is 12.2. The van der Waals surface area contributed by atoms with Crippen LogP contribution in [0.25, 0.3) is 0 Å². The van der Waals surface area contributed by atoms with Crippen molar-refractivity contribution in [3.63, 3.8) is 0 Å². The van der Waals surface area contributed by atoms with E-state index in [-0.39, 0.29) is 24.2 Å². The van der Waals surface area contributed by atoms with E-state index >= 15 is 0 Å². The van der Waals surface area contributed by atoms with Crippen LogP contribution in [0.3, 0.4) is 0 Å². The van der Waals surface area contributed by atoms with E-state index in [1.54, 1.807) is 49.4 Å². The lowest BCUT2D eigenvalue weighted by molar-refractivity contribution is -0.144. The van der Waals surface area contributed by atoms with Crippen molar-refractivity contribution in [1.29, 1.82) is 0 Å². The Bertz CT molecular complexity index is 863. The fourth-order valence-electron chi connectivity index (χ4n) is 2.53. The van der Waals surface area contributed by atoms with E-state index in [4.69, 9.17) is 21.1 Å². The Morgan fingerprint density at radius 1 is 1.12 bits per heavy atom. The molecule has 0 aliphatic carbocycles. The molecule has 1 aliphatic rings. The number of ketones is 1. The van der Waals surface area contributed by atoms with Crippen LogP contribution in [0.1, 0.15) is 28.8 Å². The Morgan fingerprint density at radius 3 is 2.58 bits per heavy atom. The summed E-state index contributed by atoms with van der Waals surface area (Å²) in [6, 6.07) is 11.5. The molecular weight excluding hydrogens is 358 g/mol. The predicted octanol–water partition coefficient (Wildman–Crippen LogP) is 3.20. The van der Waals surface area contributed by atoms with Crippen molar-refractivity contribution in [3.05, 3.63) is 58.6 Å². The fraction of sp³-hybridized carbons (Fsp3) is 0.211. The molecule has 1 heterocycles. The number of nitrogens with one attached hydrogen (secondary N) is 1. The number of carbonyl (C=O) groups is 3. The van der Waals surface area contributed by atoms with Crippen LogP contribution in [-0.2, 0) is 14.3 Å². The molecule has 134 valence electrons. The molecule has 0 fully saturated rings. The van der Waals surface area contributed by atoms with Crippen LogP contribution < -0.4 is 10.1 Å². The molecule has 6 nitrogen and oxygen atoms in total. The molecule has 2 aromatic rings. The van der Waals surface area contributed by atoms with Gasteiger partial charge in [0.1, 0.15) is 5.75 Å². The molecule has 0 aromatic heterocycles. The first-order valence-electron chi connectivity index (χ1n) is 7.96. The summed E-state index contributed by atoms with van der Waals surface area (Å²) < 4.78 is 10.2. The molecule has 1 N–H and O–H groups in total. The van der Waals surface area contributed by atoms with Gasteiger partial charge in [-0.25, -0.2) is 4.79 Å². The van der Waals surface area contributed by atoms with Gasteiger partial charge in [-0.1, -0.05) is 11.6 Å². The van der Waals surface area contributed by atoms with Crippen LogP contribution in [0.15, 0.2) is 42.5 Å². The van der Waals surface area contributed by atoms with Crippen LogP contribution in [0.4, 0.5) is 5.69 Å². The summed E-state index contributed by atoms with van der Waals surface area (Å²) in [4.78, 5) is 35.6. The number of halogens is 1. The zero-order chi connectivity index (χ0) is 18.7. The SMILES string of the molecule is C[C@H]1C(=O)Nc2ccc(C(=O)COC(=O)COc3ccc(Cl)cc3)cc21. The molecule has 0 bridgehead atoms. The number of hydrogen-bond acceptors (Lipinski definition) is 5. The van der Waals surface area contributed by atoms with E-state index in [9.17, 15) is 14.4 Å². The zero-order valence-electron chi connectivity index (χ0n) is 14.0. The monoisotopic (exact) mass is 373 g/mol. The average molecular weight is 374 g/mol. The Kier molecular flexibility index (Phi) is 5.23. The molecule has 26 heavy (non-hydrogen) atoms. The zero-order valence-corrected chi connectivity index (χ0v) is 14.7. The number of hydrogen-bond donors (Lipinski definition) is 1. The lowest BCUT2D eigenvalue weighted by Crippen LogP contribution is -2.19. The summed E-state index contributed by atoms with van der Waals surface area (Å²) in [7, 11) is 0. The molecule has 0 unspecified atom stereocenters. The van der Waals surface area contributed by atoms with Crippen molar-refractivity contribution in [1.82, 2.24) is 0 Å². The number of carbonyl (C=O) groups excluding carboxylic acids is 3. The summed E-state index contributed by atoms with van der Waals surface area (Å²) in [5, 5.41) is 3.30. The number of ether oxygens (including phenoxy) is 2. The van der Waals surface area contributed by atoms with E-state index < -0.39 is 12.6 Å². The summed E-state index contributed by atoms with van der Waals surface area (Å²) in [6.07, 6.45) is 0.